The maximum absolute atomic E-state index is 12.4. The van der Waals surface area contributed by atoms with Gasteiger partial charge in [0, 0.05) is 17.3 Å². The molecule has 10 heteroatoms. The summed E-state index contributed by atoms with van der Waals surface area (Å²) >= 11 is 0. The Morgan fingerprint density at radius 2 is 1.93 bits per heavy atom. The van der Waals surface area contributed by atoms with E-state index in [1.807, 2.05) is 24.3 Å². The average Bonchev–Trinajstić information content (AvgIpc) is 3.31. The molecule has 0 fully saturated rings. The van der Waals surface area contributed by atoms with Gasteiger partial charge < -0.3 is 10.1 Å². The Morgan fingerprint density at radius 3 is 2.67 bits per heavy atom. The summed E-state index contributed by atoms with van der Waals surface area (Å²) in [6, 6.07) is 17.3. The molecule has 0 radical (unpaired) electrons. The van der Waals surface area contributed by atoms with Crippen molar-refractivity contribution >= 4 is 11.6 Å². The van der Waals surface area contributed by atoms with Gasteiger partial charge in [0.05, 0.1) is 18.5 Å². The molecule has 0 unspecified atom stereocenters. The largest absolute Gasteiger partial charge is 0.497 e. The Morgan fingerprint density at radius 1 is 1.10 bits per heavy atom. The van der Waals surface area contributed by atoms with Gasteiger partial charge in [-0.25, -0.2) is 9.36 Å². The lowest BCUT2D eigenvalue weighted by atomic mass is 10.1. The first-order chi connectivity index (χ1) is 14.6. The van der Waals surface area contributed by atoms with Crippen LogP contribution < -0.4 is 15.6 Å². The number of carbonyl (C=O) groups is 1. The summed E-state index contributed by atoms with van der Waals surface area (Å²) in [5.41, 5.74) is 2.30. The Balaban J connectivity index is 1.48. The number of hydrogen-bond donors (Lipinski definition) is 1. The fraction of sp³-hybridized carbons (Fsp3) is 0.100. The highest BCUT2D eigenvalue weighted by atomic mass is 16.5. The smallest absolute Gasteiger partial charge is 0.267 e. The number of ether oxygens (including phenoxy) is 1. The summed E-state index contributed by atoms with van der Waals surface area (Å²) in [7, 11) is 1.58. The maximum atomic E-state index is 12.4. The predicted molar refractivity (Wildman–Crippen MR) is 108 cm³/mol. The highest BCUT2D eigenvalue weighted by Gasteiger charge is 2.09. The van der Waals surface area contributed by atoms with Gasteiger partial charge in [0.25, 0.3) is 5.56 Å². The summed E-state index contributed by atoms with van der Waals surface area (Å²) in [5.74, 6) is 0.303. The standard InChI is InChI=1S/C20H17N7O3/c1-30-17-4-2-3-14(11-17)18-9-10-20(29)26(23-18)12-19(28)22-15-5-7-16(8-6-15)27-13-21-24-25-27/h2-11,13H,12H2,1H3,(H,22,28). The van der Waals surface area contributed by atoms with Gasteiger partial charge in [-0.1, -0.05) is 12.1 Å². The number of amides is 1. The zero-order chi connectivity index (χ0) is 20.9. The minimum atomic E-state index is -0.373. The lowest BCUT2D eigenvalue weighted by molar-refractivity contribution is -0.117. The van der Waals surface area contributed by atoms with Crippen LogP contribution in [0.2, 0.25) is 0 Å². The van der Waals surface area contributed by atoms with Crippen molar-refractivity contribution in [3.05, 3.63) is 77.3 Å². The molecule has 4 aromatic rings. The van der Waals surface area contributed by atoms with E-state index in [1.165, 1.54) is 17.1 Å². The van der Waals surface area contributed by atoms with Crippen molar-refractivity contribution in [3.63, 3.8) is 0 Å². The molecule has 2 aromatic carbocycles. The van der Waals surface area contributed by atoms with Gasteiger partial charge in [-0.3, -0.25) is 9.59 Å². The third kappa shape index (κ3) is 4.22. The van der Waals surface area contributed by atoms with E-state index in [9.17, 15) is 9.59 Å². The lowest BCUT2D eigenvalue weighted by Gasteiger charge is -2.09. The Kier molecular flexibility index (Phi) is 5.29. The maximum Gasteiger partial charge on any atom is 0.267 e. The molecule has 10 nitrogen and oxygen atoms in total. The van der Waals surface area contributed by atoms with E-state index in [-0.39, 0.29) is 18.0 Å². The number of carbonyl (C=O) groups excluding carboxylic acids is 1. The van der Waals surface area contributed by atoms with Gasteiger partial charge in [0.15, 0.2) is 0 Å². The van der Waals surface area contributed by atoms with Crippen LogP contribution in [0.3, 0.4) is 0 Å². The number of nitrogens with one attached hydrogen (secondary N) is 1. The van der Waals surface area contributed by atoms with Crippen LogP contribution in [0.5, 0.6) is 5.75 Å². The SMILES string of the molecule is COc1cccc(-c2ccc(=O)n(CC(=O)Nc3ccc(-n4cnnn4)cc3)n2)c1. The minimum Gasteiger partial charge on any atom is -0.497 e. The first-order valence-electron chi connectivity index (χ1n) is 8.98. The molecule has 0 aliphatic heterocycles. The lowest BCUT2D eigenvalue weighted by Crippen LogP contribution is -2.29. The summed E-state index contributed by atoms with van der Waals surface area (Å²) in [5, 5.41) is 18.0. The van der Waals surface area contributed by atoms with Crippen LogP contribution in [0.15, 0.2) is 71.8 Å². The van der Waals surface area contributed by atoms with Crippen molar-refractivity contribution in [2.24, 2.45) is 0 Å². The van der Waals surface area contributed by atoms with Crippen molar-refractivity contribution in [3.8, 4) is 22.7 Å². The minimum absolute atomic E-state index is 0.217. The van der Waals surface area contributed by atoms with Gasteiger partial charge in [-0.2, -0.15) is 5.10 Å². The normalized spacial score (nSPS) is 10.6. The second kappa shape index (κ2) is 8.35. The highest BCUT2D eigenvalue weighted by Crippen LogP contribution is 2.21. The molecule has 0 aliphatic rings. The Labute approximate surface area is 170 Å². The van der Waals surface area contributed by atoms with E-state index in [4.69, 9.17) is 4.74 Å². The van der Waals surface area contributed by atoms with Crippen LogP contribution >= 0.6 is 0 Å². The van der Waals surface area contributed by atoms with Crippen molar-refractivity contribution in [2.75, 3.05) is 12.4 Å². The molecule has 0 aliphatic carbocycles. The number of benzene rings is 2. The molecular formula is C20H17N7O3. The first kappa shape index (κ1) is 19.0. The molecule has 0 atom stereocenters. The molecular weight excluding hydrogens is 386 g/mol. The molecule has 0 saturated heterocycles. The molecule has 0 saturated carbocycles. The van der Waals surface area contributed by atoms with Crippen LogP contribution in [-0.4, -0.2) is 43.0 Å². The van der Waals surface area contributed by atoms with E-state index >= 15 is 0 Å². The van der Waals surface area contributed by atoms with Crippen molar-refractivity contribution < 1.29 is 9.53 Å². The fourth-order valence-corrected chi connectivity index (χ4v) is 2.81. The van der Waals surface area contributed by atoms with E-state index in [0.717, 1.165) is 15.9 Å². The fourth-order valence-electron chi connectivity index (χ4n) is 2.81. The number of nitrogens with zero attached hydrogens (tertiary/aromatic N) is 6. The molecule has 2 heterocycles. The number of hydrogen-bond acceptors (Lipinski definition) is 7. The first-order valence-corrected chi connectivity index (χ1v) is 8.98. The second-order valence-electron chi connectivity index (χ2n) is 6.30. The summed E-state index contributed by atoms with van der Waals surface area (Å²) < 4.78 is 7.84. The number of rotatable bonds is 6. The zero-order valence-electron chi connectivity index (χ0n) is 16.0. The highest BCUT2D eigenvalue weighted by molar-refractivity contribution is 5.90. The van der Waals surface area contributed by atoms with Gasteiger partial charge in [0.1, 0.15) is 18.6 Å². The molecule has 30 heavy (non-hydrogen) atoms. The number of anilines is 1. The number of methoxy groups -OCH3 is 1. The molecule has 4 rings (SSSR count). The molecule has 0 bridgehead atoms. The monoisotopic (exact) mass is 403 g/mol. The van der Waals surface area contributed by atoms with Crippen LogP contribution in [0.25, 0.3) is 16.9 Å². The summed E-state index contributed by atoms with van der Waals surface area (Å²) in [6.07, 6.45) is 1.47. The second-order valence-corrected chi connectivity index (χ2v) is 6.30. The van der Waals surface area contributed by atoms with Crippen LogP contribution in [0.4, 0.5) is 5.69 Å². The van der Waals surface area contributed by atoms with Crippen LogP contribution in [0, 0.1) is 0 Å². The van der Waals surface area contributed by atoms with Crippen molar-refractivity contribution in [1.82, 2.24) is 30.0 Å². The number of tetrazole rings is 1. The summed E-state index contributed by atoms with van der Waals surface area (Å²) in [4.78, 5) is 24.6. The molecule has 1 N–H and O–H groups in total. The van der Waals surface area contributed by atoms with E-state index < -0.39 is 0 Å². The molecule has 0 spiro atoms. The third-order valence-electron chi connectivity index (χ3n) is 4.29. The third-order valence-corrected chi connectivity index (χ3v) is 4.29. The average molecular weight is 403 g/mol. The predicted octanol–water partition coefficient (Wildman–Crippen LogP) is 1.53. The Bertz CT molecular complexity index is 1220. The van der Waals surface area contributed by atoms with Crippen LogP contribution in [0.1, 0.15) is 0 Å². The van der Waals surface area contributed by atoms with Gasteiger partial charge in [0.2, 0.25) is 5.91 Å². The van der Waals surface area contributed by atoms with E-state index in [1.54, 1.807) is 37.4 Å². The van der Waals surface area contributed by atoms with Crippen LogP contribution in [-0.2, 0) is 11.3 Å². The quantitative estimate of drug-likeness (QED) is 0.519. The molecule has 1 amide bonds. The van der Waals surface area contributed by atoms with Crippen molar-refractivity contribution in [1.29, 1.82) is 0 Å². The zero-order valence-corrected chi connectivity index (χ0v) is 16.0. The van der Waals surface area contributed by atoms with Gasteiger partial charge >= 0.3 is 0 Å². The van der Waals surface area contributed by atoms with Gasteiger partial charge in [-0.05, 0) is 52.9 Å². The molecule has 2 aromatic heterocycles. The topological polar surface area (TPSA) is 117 Å². The van der Waals surface area contributed by atoms with E-state index in [2.05, 4.69) is 25.9 Å². The van der Waals surface area contributed by atoms with E-state index in [0.29, 0.717) is 17.1 Å². The van der Waals surface area contributed by atoms with Crippen molar-refractivity contribution in [2.45, 2.75) is 6.54 Å². The number of aromatic nitrogens is 6. The summed E-state index contributed by atoms with van der Waals surface area (Å²) in [6.45, 7) is -0.217. The Hall–Kier alpha value is -4.34. The van der Waals surface area contributed by atoms with Gasteiger partial charge in [-0.15, -0.1) is 5.10 Å². The molecule has 150 valence electrons.